The van der Waals surface area contributed by atoms with E-state index >= 15 is 0 Å². The molecule has 0 unspecified atom stereocenters. The molecule has 34 heavy (non-hydrogen) atoms. The van der Waals surface area contributed by atoms with Crippen molar-refractivity contribution in [3.05, 3.63) is 30.2 Å². The van der Waals surface area contributed by atoms with Gasteiger partial charge in [0.15, 0.2) is 0 Å². The molecular formula is C24H32N4O6. The number of benzene rings is 1. The van der Waals surface area contributed by atoms with Crippen molar-refractivity contribution in [1.29, 1.82) is 0 Å². The Morgan fingerprint density at radius 2 is 1.88 bits per heavy atom. The molecule has 10 heteroatoms. The number of likely N-dealkylation sites (N-methyl/N-ethyl adjacent to an activating group) is 1. The number of esters is 1. The van der Waals surface area contributed by atoms with E-state index in [0.717, 1.165) is 11.3 Å². The first-order chi connectivity index (χ1) is 16.4. The van der Waals surface area contributed by atoms with Crippen LogP contribution in [0.2, 0.25) is 0 Å². The van der Waals surface area contributed by atoms with Crippen LogP contribution in [-0.4, -0.2) is 78.1 Å². The number of likely N-dealkylation sites (tertiary alicyclic amines) is 1. The molecule has 1 aromatic heterocycles. The van der Waals surface area contributed by atoms with Crippen LogP contribution in [0.3, 0.4) is 0 Å². The lowest BCUT2D eigenvalue weighted by Crippen LogP contribution is -2.45. The Labute approximate surface area is 199 Å². The minimum Gasteiger partial charge on any atom is -0.497 e. The molecule has 3 rings (SSSR count). The maximum Gasteiger partial charge on any atom is 0.309 e. The van der Waals surface area contributed by atoms with Crippen LogP contribution >= 0.6 is 0 Å². The first-order valence-corrected chi connectivity index (χ1v) is 11.6. The van der Waals surface area contributed by atoms with Gasteiger partial charge in [-0.05, 0) is 50.5 Å². The Hall–Kier alpha value is -3.43. The van der Waals surface area contributed by atoms with Crippen LogP contribution in [0.25, 0.3) is 11.4 Å². The van der Waals surface area contributed by atoms with E-state index in [-0.39, 0.29) is 36.7 Å². The van der Waals surface area contributed by atoms with Gasteiger partial charge in [0.2, 0.25) is 23.5 Å². The number of piperidine rings is 1. The van der Waals surface area contributed by atoms with Crippen molar-refractivity contribution in [1.82, 2.24) is 19.9 Å². The Morgan fingerprint density at radius 1 is 1.18 bits per heavy atom. The molecule has 184 valence electrons. The van der Waals surface area contributed by atoms with Gasteiger partial charge in [-0.3, -0.25) is 14.4 Å². The summed E-state index contributed by atoms with van der Waals surface area (Å²) in [6, 6.07) is 7.35. The zero-order valence-electron chi connectivity index (χ0n) is 20.0. The number of hydrogen-bond donors (Lipinski definition) is 0. The third kappa shape index (κ3) is 6.79. The van der Waals surface area contributed by atoms with E-state index in [1.165, 1.54) is 4.90 Å². The molecule has 1 fully saturated rings. The predicted octanol–water partition coefficient (Wildman–Crippen LogP) is 2.33. The second-order valence-electron chi connectivity index (χ2n) is 8.25. The fourth-order valence-corrected chi connectivity index (χ4v) is 3.81. The first kappa shape index (κ1) is 25.2. The summed E-state index contributed by atoms with van der Waals surface area (Å²) in [5, 5.41) is 3.99. The summed E-state index contributed by atoms with van der Waals surface area (Å²) in [6.07, 6.45) is 2.45. The molecule has 0 saturated carbocycles. The molecule has 0 bridgehead atoms. The maximum absolute atomic E-state index is 12.6. The molecule has 1 aliphatic heterocycles. The SMILES string of the molecule is CCOC(=O)C1CCN(C(=O)CN(C)C(=O)CCCc2nc(-c3ccc(OC)cc3)no2)CC1. The van der Waals surface area contributed by atoms with Crippen LogP contribution in [0.5, 0.6) is 5.75 Å². The lowest BCUT2D eigenvalue weighted by atomic mass is 9.97. The van der Waals surface area contributed by atoms with Gasteiger partial charge in [-0.2, -0.15) is 4.98 Å². The summed E-state index contributed by atoms with van der Waals surface area (Å²) in [7, 11) is 3.23. The van der Waals surface area contributed by atoms with Crippen molar-refractivity contribution in [3.63, 3.8) is 0 Å². The Kier molecular flexibility index (Phi) is 9.00. The van der Waals surface area contributed by atoms with Gasteiger partial charge in [-0.15, -0.1) is 0 Å². The third-order valence-corrected chi connectivity index (χ3v) is 5.86. The molecule has 0 aliphatic carbocycles. The average molecular weight is 473 g/mol. The number of carbonyl (C=O) groups is 3. The van der Waals surface area contributed by atoms with Crippen LogP contribution in [0.1, 0.15) is 38.5 Å². The molecule has 1 aliphatic rings. The second kappa shape index (κ2) is 12.2. The van der Waals surface area contributed by atoms with Crippen molar-refractivity contribution < 1.29 is 28.4 Å². The van der Waals surface area contributed by atoms with Crippen LogP contribution in [0.4, 0.5) is 0 Å². The van der Waals surface area contributed by atoms with Gasteiger partial charge in [0, 0.05) is 38.5 Å². The van der Waals surface area contributed by atoms with Crippen LogP contribution in [-0.2, 0) is 25.5 Å². The number of aromatic nitrogens is 2. The van der Waals surface area contributed by atoms with Gasteiger partial charge in [-0.1, -0.05) is 5.16 Å². The summed E-state index contributed by atoms with van der Waals surface area (Å²) < 4.78 is 15.5. The number of hydrogen-bond acceptors (Lipinski definition) is 8. The van der Waals surface area contributed by atoms with E-state index in [1.807, 2.05) is 24.3 Å². The number of ether oxygens (including phenoxy) is 2. The smallest absolute Gasteiger partial charge is 0.309 e. The molecule has 10 nitrogen and oxygen atoms in total. The highest BCUT2D eigenvalue weighted by molar-refractivity contribution is 5.85. The van der Waals surface area contributed by atoms with Crippen molar-refractivity contribution in [2.75, 3.05) is 40.4 Å². The summed E-state index contributed by atoms with van der Waals surface area (Å²) >= 11 is 0. The van der Waals surface area contributed by atoms with E-state index in [2.05, 4.69) is 10.1 Å². The summed E-state index contributed by atoms with van der Waals surface area (Å²) in [5.74, 6) is 1.11. The Morgan fingerprint density at radius 3 is 2.53 bits per heavy atom. The number of rotatable bonds is 10. The number of nitrogens with zero attached hydrogens (tertiary/aromatic N) is 4. The number of aryl methyl sites for hydroxylation is 1. The summed E-state index contributed by atoms with van der Waals surface area (Å²) in [4.78, 5) is 44.4. The van der Waals surface area contributed by atoms with Crippen molar-refractivity contribution in [2.24, 2.45) is 5.92 Å². The third-order valence-electron chi connectivity index (χ3n) is 5.86. The van der Waals surface area contributed by atoms with E-state index in [9.17, 15) is 14.4 Å². The molecule has 0 spiro atoms. The van der Waals surface area contributed by atoms with Crippen molar-refractivity contribution in [3.8, 4) is 17.1 Å². The summed E-state index contributed by atoms with van der Waals surface area (Å²) in [6.45, 7) is 3.16. The van der Waals surface area contributed by atoms with Crippen molar-refractivity contribution >= 4 is 17.8 Å². The minimum atomic E-state index is -0.195. The minimum absolute atomic E-state index is 0.0189. The number of carbonyl (C=O) groups excluding carboxylic acids is 3. The zero-order valence-corrected chi connectivity index (χ0v) is 20.0. The zero-order chi connectivity index (χ0) is 24.5. The number of amides is 2. The topological polar surface area (TPSA) is 115 Å². The second-order valence-corrected chi connectivity index (χ2v) is 8.25. The van der Waals surface area contributed by atoms with E-state index in [1.54, 1.807) is 26.0 Å². The highest BCUT2D eigenvalue weighted by atomic mass is 16.5. The Bertz CT molecular complexity index is 966. The molecular weight excluding hydrogens is 440 g/mol. The van der Waals surface area contributed by atoms with Crippen LogP contribution < -0.4 is 4.74 Å². The molecule has 1 aromatic carbocycles. The van der Waals surface area contributed by atoms with E-state index in [0.29, 0.717) is 57.1 Å². The van der Waals surface area contributed by atoms with Crippen LogP contribution in [0.15, 0.2) is 28.8 Å². The predicted molar refractivity (Wildman–Crippen MR) is 123 cm³/mol. The molecule has 0 radical (unpaired) electrons. The molecule has 0 atom stereocenters. The van der Waals surface area contributed by atoms with E-state index in [4.69, 9.17) is 14.0 Å². The molecule has 1 saturated heterocycles. The normalized spacial score (nSPS) is 14.0. The largest absolute Gasteiger partial charge is 0.497 e. The lowest BCUT2D eigenvalue weighted by molar-refractivity contribution is -0.151. The number of methoxy groups -OCH3 is 1. The lowest BCUT2D eigenvalue weighted by Gasteiger charge is -2.32. The first-order valence-electron chi connectivity index (χ1n) is 11.6. The standard InChI is InChI=1S/C24H32N4O6/c1-4-33-24(31)18-12-14-28(15-13-18)22(30)16-27(2)21(29)7-5-6-20-25-23(26-34-20)17-8-10-19(32-3)11-9-17/h8-11,18H,4-7,12-16H2,1-3H3. The maximum atomic E-state index is 12.6. The van der Waals surface area contributed by atoms with Gasteiger partial charge < -0.3 is 23.8 Å². The summed E-state index contributed by atoms with van der Waals surface area (Å²) in [5.41, 5.74) is 0.816. The monoisotopic (exact) mass is 472 g/mol. The molecule has 2 aromatic rings. The fraction of sp³-hybridized carbons (Fsp3) is 0.542. The quantitative estimate of drug-likeness (QED) is 0.484. The molecule has 0 N–H and O–H groups in total. The average Bonchev–Trinajstić information content (AvgIpc) is 3.33. The Balaban J connectivity index is 1.38. The van der Waals surface area contributed by atoms with Gasteiger partial charge in [0.1, 0.15) is 5.75 Å². The molecule has 2 amide bonds. The van der Waals surface area contributed by atoms with Crippen LogP contribution in [0, 0.1) is 5.92 Å². The van der Waals surface area contributed by atoms with Gasteiger partial charge in [-0.25, -0.2) is 0 Å². The fourth-order valence-electron chi connectivity index (χ4n) is 3.81. The van der Waals surface area contributed by atoms with Crippen molar-refractivity contribution in [2.45, 2.75) is 39.0 Å². The van der Waals surface area contributed by atoms with Gasteiger partial charge >= 0.3 is 5.97 Å². The molecule has 2 heterocycles. The van der Waals surface area contributed by atoms with Gasteiger partial charge in [0.05, 0.1) is 26.2 Å². The highest BCUT2D eigenvalue weighted by Crippen LogP contribution is 2.21. The van der Waals surface area contributed by atoms with Gasteiger partial charge in [0.25, 0.3) is 0 Å². The highest BCUT2D eigenvalue weighted by Gasteiger charge is 2.28. The van der Waals surface area contributed by atoms with E-state index < -0.39 is 0 Å².